The average molecular weight is 393 g/mol. The Kier molecular flexibility index (Phi) is 6.96. The largest absolute Gasteiger partial charge is 0.376 e. The van der Waals surface area contributed by atoms with Gasteiger partial charge in [-0.15, -0.1) is 0 Å². The third-order valence-corrected chi connectivity index (χ3v) is 4.84. The van der Waals surface area contributed by atoms with Crippen molar-refractivity contribution in [2.45, 2.75) is 18.9 Å². The van der Waals surface area contributed by atoms with Crippen molar-refractivity contribution in [1.82, 2.24) is 25.1 Å². The number of hydrogen-bond donors (Lipinski definition) is 1. The van der Waals surface area contributed by atoms with Crippen LogP contribution in [0.15, 0.2) is 17.4 Å². The van der Waals surface area contributed by atoms with Crippen LogP contribution < -0.4 is 10.2 Å². The molecule has 0 aromatic carbocycles. The van der Waals surface area contributed by atoms with Crippen molar-refractivity contribution in [1.29, 1.82) is 0 Å². The topological polar surface area (TPSA) is 86.2 Å². The van der Waals surface area contributed by atoms with Gasteiger partial charge in [-0.3, -0.25) is 4.79 Å². The number of anilines is 1. The molecular formula is C18H28FN7O2. The summed E-state index contributed by atoms with van der Waals surface area (Å²) in [7, 11) is 3.44. The molecule has 9 nitrogen and oxygen atoms in total. The van der Waals surface area contributed by atoms with Crippen LogP contribution in [0.5, 0.6) is 0 Å². The molecule has 0 radical (unpaired) electrons. The van der Waals surface area contributed by atoms with Gasteiger partial charge in [0, 0.05) is 53.4 Å². The molecule has 3 heterocycles. The Labute approximate surface area is 164 Å². The van der Waals surface area contributed by atoms with Gasteiger partial charge in [-0.05, 0) is 12.8 Å². The van der Waals surface area contributed by atoms with Gasteiger partial charge in [0.2, 0.25) is 11.9 Å². The average Bonchev–Trinajstić information content (AvgIpc) is 3.22. The summed E-state index contributed by atoms with van der Waals surface area (Å²) in [5.41, 5.74) is 0. The Morgan fingerprint density at radius 3 is 2.64 bits per heavy atom. The fourth-order valence-corrected chi connectivity index (χ4v) is 3.15. The van der Waals surface area contributed by atoms with Gasteiger partial charge in [0.25, 0.3) is 0 Å². The van der Waals surface area contributed by atoms with Gasteiger partial charge < -0.3 is 24.8 Å². The number of halogens is 1. The van der Waals surface area contributed by atoms with Crippen LogP contribution in [0.25, 0.3) is 0 Å². The van der Waals surface area contributed by atoms with E-state index in [2.05, 4.69) is 25.2 Å². The van der Waals surface area contributed by atoms with E-state index in [4.69, 9.17) is 4.74 Å². The minimum Gasteiger partial charge on any atom is -0.376 e. The smallest absolute Gasteiger partial charge is 0.243 e. The van der Waals surface area contributed by atoms with Crippen LogP contribution in [0.1, 0.15) is 12.8 Å². The molecule has 1 atom stereocenters. The summed E-state index contributed by atoms with van der Waals surface area (Å²) in [6.45, 7) is 4.36. The number of rotatable bonds is 5. The number of hydrogen-bond acceptors (Lipinski definition) is 6. The number of ether oxygens (including phenoxy) is 1. The van der Waals surface area contributed by atoms with Gasteiger partial charge in [0.05, 0.1) is 18.5 Å². The number of piperazine rings is 1. The Hall–Kier alpha value is -2.49. The zero-order chi connectivity index (χ0) is 19.9. The van der Waals surface area contributed by atoms with Crippen molar-refractivity contribution in [2.75, 3.05) is 64.9 Å². The van der Waals surface area contributed by atoms with Gasteiger partial charge >= 0.3 is 0 Å². The summed E-state index contributed by atoms with van der Waals surface area (Å²) in [5.74, 6) is 0.746. The van der Waals surface area contributed by atoms with Crippen molar-refractivity contribution < 1.29 is 13.9 Å². The molecule has 0 saturated carbocycles. The van der Waals surface area contributed by atoms with E-state index in [0.717, 1.165) is 19.4 Å². The molecule has 1 aromatic rings. The van der Waals surface area contributed by atoms with Gasteiger partial charge in [0.1, 0.15) is 6.54 Å². The quantitative estimate of drug-likeness (QED) is 0.555. The Balaban J connectivity index is 1.59. The Morgan fingerprint density at radius 1 is 1.32 bits per heavy atom. The molecule has 2 fully saturated rings. The van der Waals surface area contributed by atoms with E-state index in [-0.39, 0.29) is 18.6 Å². The summed E-state index contributed by atoms with van der Waals surface area (Å²) in [5, 5.41) is 3.37. The molecule has 10 heteroatoms. The summed E-state index contributed by atoms with van der Waals surface area (Å²) < 4.78 is 18.7. The minimum absolute atomic E-state index is 0.0465. The maximum Gasteiger partial charge on any atom is 0.243 e. The molecule has 28 heavy (non-hydrogen) atoms. The van der Waals surface area contributed by atoms with Crippen LogP contribution in [-0.2, 0) is 9.53 Å². The molecule has 1 aromatic heterocycles. The fourth-order valence-electron chi connectivity index (χ4n) is 3.15. The number of aliphatic imine (C=N–C) groups is 1. The lowest BCUT2D eigenvalue weighted by molar-refractivity contribution is -0.127. The fraction of sp³-hybridized carbons (Fsp3) is 0.667. The number of aromatic nitrogens is 2. The van der Waals surface area contributed by atoms with E-state index in [9.17, 15) is 9.18 Å². The molecule has 0 bridgehead atoms. The molecular weight excluding hydrogens is 365 g/mol. The van der Waals surface area contributed by atoms with E-state index in [1.807, 2.05) is 4.90 Å². The van der Waals surface area contributed by atoms with Gasteiger partial charge in [-0.25, -0.2) is 19.4 Å². The highest BCUT2D eigenvalue weighted by Gasteiger charge is 2.23. The number of likely N-dealkylation sites (N-methyl/N-ethyl adjacent to an activating group) is 1. The molecule has 2 aliphatic heterocycles. The predicted molar refractivity (Wildman–Crippen MR) is 104 cm³/mol. The molecule has 1 unspecified atom stereocenters. The highest BCUT2D eigenvalue weighted by atomic mass is 19.1. The standard InChI is InChI=1S/C18H28FN7O2/c1-24(2)16(27)13-23-18(22-12-15-4-3-9-28-15)26-7-5-25(6-8-26)17-20-10-14(19)11-21-17/h10-11,15H,3-9,12-13H2,1-2H3,(H,22,23). The predicted octanol–water partition coefficient (Wildman–Crippen LogP) is -0.0495. The normalized spacial score (nSPS) is 20.4. The second-order valence-electron chi connectivity index (χ2n) is 7.12. The van der Waals surface area contributed by atoms with Crippen molar-refractivity contribution in [3.63, 3.8) is 0 Å². The highest BCUT2D eigenvalue weighted by Crippen LogP contribution is 2.13. The number of carbonyl (C=O) groups excluding carboxylic acids is 1. The molecule has 154 valence electrons. The van der Waals surface area contributed by atoms with E-state index >= 15 is 0 Å². The maximum absolute atomic E-state index is 13.0. The van der Waals surface area contributed by atoms with Crippen molar-refractivity contribution in [3.05, 3.63) is 18.2 Å². The molecule has 1 amide bonds. The lowest BCUT2D eigenvalue weighted by Gasteiger charge is -2.36. The van der Waals surface area contributed by atoms with Crippen molar-refractivity contribution >= 4 is 17.8 Å². The highest BCUT2D eigenvalue weighted by molar-refractivity contribution is 5.85. The van der Waals surface area contributed by atoms with Crippen molar-refractivity contribution in [2.24, 2.45) is 4.99 Å². The first-order chi connectivity index (χ1) is 13.5. The minimum atomic E-state index is -0.444. The van der Waals surface area contributed by atoms with E-state index < -0.39 is 5.82 Å². The third-order valence-electron chi connectivity index (χ3n) is 4.84. The molecule has 3 rings (SSSR count). The number of nitrogens with one attached hydrogen (secondary N) is 1. The zero-order valence-electron chi connectivity index (χ0n) is 16.5. The first kappa shape index (κ1) is 20.2. The Bertz CT molecular complexity index is 669. The second-order valence-corrected chi connectivity index (χ2v) is 7.12. The maximum atomic E-state index is 13.0. The van der Waals surface area contributed by atoms with Crippen LogP contribution in [-0.4, -0.2) is 97.7 Å². The van der Waals surface area contributed by atoms with Gasteiger partial charge in [-0.1, -0.05) is 0 Å². The molecule has 2 saturated heterocycles. The third kappa shape index (κ3) is 5.51. The van der Waals surface area contributed by atoms with Crippen LogP contribution in [0.4, 0.5) is 10.3 Å². The summed E-state index contributed by atoms with van der Waals surface area (Å²) >= 11 is 0. The lowest BCUT2D eigenvalue weighted by atomic mass is 10.2. The summed E-state index contributed by atoms with van der Waals surface area (Å²) in [6.07, 6.45) is 4.65. The first-order valence-corrected chi connectivity index (χ1v) is 9.60. The van der Waals surface area contributed by atoms with E-state index in [0.29, 0.717) is 44.6 Å². The van der Waals surface area contributed by atoms with Crippen LogP contribution in [0, 0.1) is 5.82 Å². The zero-order valence-corrected chi connectivity index (χ0v) is 16.5. The summed E-state index contributed by atoms with van der Waals surface area (Å²) in [6, 6.07) is 0. The van der Waals surface area contributed by atoms with Crippen molar-refractivity contribution in [3.8, 4) is 0 Å². The van der Waals surface area contributed by atoms with E-state index in [1.54, 1.807) is 14.1 Å². The van der Waals surface area contributed by atoms with E-state index in [1.165, 1.54) is 17.3 Å². The molecule has 0 aliphatic carbocycles. The number of guanidine groups is 1. The number of amides is 1. The number of carbonyl (C=O) groups is 1. The molecule has 0 spiro atoms. The summed E-state index contributed by atoms with van der Waals surface area (Å²) in [4.78, 5) is 30.2. The van der Waals surface area contributed by atoms with Gasteiger partial charge in [0.15, 0.2) is 11.8 Å². The molecule has 1 N–H and O–H groups in total. The van der Waals surface area contributed by atoms with Crippen LogP contribution in [0.2, 0.25) is 0 Å². The Morgan fingerprint density at radius 2 is 2.04 bits per heavy atom. The second kappa shape index (κ2) is 9.63. The van der Waals surface area contributed by atoms with Crippen LogP contribution in [0.3, 0.4) is 0 Å². The van der Waals surface area contributed by atoms with Gasteiger partial charge in [-0.2, -0.15) is 0 Å². The van der Waals surface area contributed by atoms with Crippen LogP contribution >= 0.6 is 0 Å². The first-order valence-electron chi connectivity index (χ1n) is 9.60. The molecule has 2 aliphatic rings. The number of nitrogens with zero attached hydrogens (tertiary/aromatic N) is 6. The monoisotopic (exact) mass is 393 g/mol. The lowest BCUT2D eigenvalue weighted by Crippen LogP contribution is -2.54. The SMILES string of the molecule is CN(C)C(=O)CN=C(NCC1CCCO1)N1CCN(c2ncc(F)cn2)CC1.